The van der Waals surface area contributed by atoms with Crippen molar-refractivity contribution in [3.05, 3.63) is 54.2 Å². The quantitative estimate of drug-likeness (QED) is 0.525. The summed E-state index contributed by atoms with van der Waals surface area (Å²) < 4.78 is 29.7. The minimum Gasteiger partial charge on any atom is -0.303 e. The van der Waals surface area contributed by atoms with Crippen molar-refractivity contribution in [1.29, 1.82) is 0 Å². The summed E-state index contributed by atoms with van der Waals surface area (Å²) >= 11 is 1.19. The molecule has 0 saturated heterocycles. The van der Waals surface area contributed by atoms with Gasteiger partial charge in [-0.3, -0.25) is 0 Å². The third-order valence-electron chi connectivity index (χ3n) is 3.99. The lowest BCUT2D eigenvalue weighted by Gasteiger charge is -2.07. The average Bonchev–Trinajstić information content (AvgIpc) is 3.33. The van der Waals surface area contributed by atoms with Crippen LogP contribution in [0, 0.1) is 11.6 Å². The first kappa shape index (κ1) is 15.3. The number of nitrogens with zero attached hydrogens (tertiary/aromatic N) is 4. The lowest BCUT2D eigenvalue weighted by Crippen LogP contribution is -1.98. The van der Waals surface area contributed by atoms with Gasteiger partial charge >= 0.3 is 0 Å². The smallest absolute Gasteiger partial charge is 0.173 e. The fraction of sp³-hybridized carbons (Fsp3) is 0.235. The van der Waals surface area contributed by atoms with E-state index >= 15 is 0 Å². The van der Waals surface area contributed by atoms with Crippen molar-refractivity contribution in [3.8, 4) is 17.1 Å². The van der Waals surface area contributed by atoms with Gasteiger partial charge in [0.05, 0.1) is 23.9 Å². The van der Waals surface area contributed by atoms with E-state index in [9.17, 15) is 8.78 Å². The Morgan fingerprint density at radius 1 is 1.17 bits per heavy atom. The van der Waals surface area contributed by atoms with Crippen molar-refractivity contribution in [2.75, 3.05) is 6.26 Å². The number of aromatic nitrogens is 4. The van der Waals surface area contributed by atoms with Crippen LogP contribution in [0.4, 0.5) is 8.78 Å². The second-order valence-corrected chi connectivity index (χ2v) is 6.49. The van der Waals surface area contributed by atoms with Crippen LogP contribution in [0.25, 0.3) is 17.1 Å². The first-order valence-corrected chi connectivity index (χ1v) is 8.79. The van der Waals surface area contributed by atoms with Gasteiger partial charge in [-0.25, -0.2) is 23.7 Å². The van der Waals surface area contributed by atoms with E-state index in [0.717, 1.165) is 24.7 Å². The molecule has 4 nitrogen and oxygen atoms in total. The van der Waals surface area contributed by atoms with Crippen molar-refractivity contribution in [3.63, 3.8) is 0 Å². The Kier molecular flexibility index (Phi) is 3.80. The minimum absolute atomic E-state index is 0.244. The van der Waals surface area contributed by atoms with Crippen LogP contribution >= 0.6 is 11.8 Å². The maximum Gasteiger partial charge on any atom is 0.173 e. The molecular formula is C17H14F2N4S. The molecule has 1 aliphatic rings. The van der Waals surface area contributed by atoms with Crippen molar-refractivity contribution in [2.24, 2.45) is 0 Å². The molecule has 0 N–H and O–H groups in total. The fourth-order valence-electron chi connectivity index (χ4n) is 2.55. The molecule has 0 atom stereocenters. The molecule has 0 aliphatic heterocycles. The van der Waals surface area contributed by atoms with Gasteiger partial charge in [0.15, 0.2) is 11.6 Å². The molecule has 1 aliphatic carbocycles. The van der Waals surface area contributed by atoms with E-state index in [1.165, 1.54) is 17.8 Å². The summed E-state index contributed by atoms with van der Waals surface area (Å²) in [5.74, 6) is -0.0538. The standard InChI is InChI=1S/C17H14F2N4S/c1-24-17-13(19)7-20-16(22-17)11-4-5-15(12(18)6-11)23-8-14(21-9-23)10-2-3-10/h4-10H,2-3H2,1H3. The van der Waals surface area contributed by atoms with Gasteiger partial charge in [0.1, 0.15) is 10.8 Å². The second-order valence-electron chi connectivity index (χ2n) is 5.70. The topological polar surface area (TPSA) is 43.6 Å². The fourth-order valence-corrected chi connectivity index (χ4v) is 2.97. The summed E-state index contributed by atoms with van der Waals surface area (Å²) in [6, 6.07) is 4.75. The molecule has 7 heteroatoms. The highest BCUT2D eigenvalue weighted by Crippen LogP contribution is 2.39. The summed E-state index contributed by atoms with van der Waals surface area (Å²) in [4.78, 5) is 12.4. The van der Waals surface area contributed by atoms with Crippen LogP contribution in [-0.2, 0) is 0 Å². The Hall–Kier alpha value is -2.28. The Balaban J connectivity index is 1.68. The molecular weight excluding hydrogens is 330 g/mol. The Morgan fingerprint density at radius 2 is 2.00 bits per heavy atom. The maximum absolute atomic E-state index is 14.5. The van der Waals surface area contributed by atoms with E-state index in [1.54, 1.807) is 29.3 Å². The number of hydrogen-bond acceptors (Lipinski definition) is 4. The second kappa shape index (κ2) is 5.98. The van der Waals surface area contributed by atoms with Gasteiger partial charge < -0.3 is 4.57 Å². The molecule has 2 aromatic heterocycles. The Morgan fingerprint density at radius 3 is 2.71 bits per heavy atom. The van der Waals surface area contributed by atoms with Crippen LogP contribution < -0.4 is 0 Å². The zero-order valence-corrected chi connectivity index (χ0v) is 13.7. The first-order chi connectivity index (χ1) is 11.7. The van der Waals surface area contributed by atoms with Crippen LogP contribution in [0.2, 0.25) is 0 Å². The van der Waals surface area contributed by atoms with Crippen molar-refractivity contribution in [1.82, 2.24) is 19.5 Å². The number of halogens is 2. The lowest BCUT2D eigenvalue weighted by molar-refractivity contribution is 0.580. The average molecular weight is 344 g/mol. The van der Waals surface area contributed by atoms with E-state index in [4.69, 9.17) is 0 Å². The molecule has 3 aromatic rings. The van der Waals surface area contributed by atoms with Gasteiger partial charge in [-0.1, -0.05) is 0 Å². The highest BCUT2D eigenvalue weighted by atomic mass is 32.2. The van der Waals surface area contributed by atoms with Crippen LogP contribution in [0.5, 0.6) is 0 Å². The van der Waals surface area contributed by atoms with Crippen LogP contribution in [0.15, 0.2) is 41.9 Å². The van der Waals surface area contributed by atoms with Gasteiger partial charge in [-0.05, 0) is 37.3 Å². The van der Waals surface area contributed by atoms with E-state index < -0.39 is 11.6 Å². The van der Waals surface area contributed by atoms with Gasteiger partial charge in [0.25, 0.3) is 0 Å². The Labute approximate surface area is 142 Å². The summed E-state index contributed by atoms with van der Waals surface area (Å²) in [7, 11) is 0. The molecule has 122 valence electrons. The number of imidazole rings is 1. The molecule has 0 unspecified atom stereocenters. The summed E-state index contributed by atoms with van der Waals surface area (Å²) in [5.41, 5.74) is 1.93. The molecule has 0 spiro atoms. The number of hydrogen-bond donors (Lipinski definition) is 0. The van der Waals surface area contributed by atoms with E-state index in [-0.39, 0.29) is 5.03 Å². The number of rotatable bonds is 4. The Bertz CT molecular complexity index is 905. The van der Waals surface area contributed by atoms with Gasteiger partial charge in [-0.15, -0.1) is 11.8 Å². The van der Waals surface area contributed by atoms with Crippen LogP contribution in [-0.4, -0.2) is 25.8 Å². The SMILES string of the molecule is CSc1nc(-c2ccc(-n3cnc(C4CC4)c3)c(F)c2)ncc1F. The summed E-state index contributed by atoms with van der Waals surface area (Å²) in [6.45, 7) is 0. The highest BCUT2D eigenvalue weighted by molar-refractivity contribution is 7.98. The van der Waals surface area contributed by atoms with E-state index in [2.05, 4.69) is 15.0 Å². The number of thioether (sulfide) groups is 1. The van der Waals surface area contributed by atoms with Crippen molar-refractivity contribution >= 4 is 11.8 Å². The molecule has 1 fully saturated rings. The van der Waals surface area contributed by atoms with E-state index in [0.29, 0.717) is 23.0 Å². The zero-order chi connectivity index (χ0) is 16.7. The predicted octanol–water partition coefficient (Wildman–Crippen LogP) is 4.21. The zero-order valence-electron chi connectivity index (χ0n) is 12.9. The first-order valence-electron chi connectivity index (χ1n) is 7.56. The molecule has 1 aromatic carbocycles. The van der Waals surface area contributed by atoms with Gasteiger partial charge in [0.2, 0.25) is 0 Å². The van der Waals surface area contributed by atoms with Gasteiger partial charge in [0, 0.05) is 17.7 Å². The maximum atomic E-state index is 14.5. The summed E-state index contributed by atoms with van der Waals surface area (Å²) in [6.07, 6.45) is 8.64. The molecule has 1 saturated carbocycles. The molecule has 24 heavy (non-hydrogen) atoms. The third-order valence-corrected chi connectivity index (χ3v) is 4.66. The van der Waals surface area contributed by atoms with Crippen LogP contribution in [0.1, 0.15) is 24.5 Å². The summed E-state index contributed by atoms with van der Waals surface area (Å²) in [5, 5.41) is 0.244. The van der Waals surface area contributed by atoms with Crippen molar-refractivity contribution < 1.29 is 8.78 Å². The normalized spacial score (nSPS) is 14.1. The highest BCUT2D eigenvalue weighted by Gasteiger charge is 2.26. The lowest BCUT2D eigenvalue weighted by atomic mass is 10.2. The number of benzene rings is 1. The van der Waals surface area contributed by atoms with Crippen molar-refractivity contribution in [2.45, 2.75) is 23.8 Å². The predicted molar refractivity (Wildman–Crippen MR) is 88.3 cm³/mol. The monoisotopic (exact) mass is 344 g/mol. The molecule has 2 heterocycles. The van der Waals surface area contributed by atoms with Gasteiger partial charge in [-0.2, -0.15) is 0 Å². The molecule has 0 amide bonds. The molecule has 0 radical (unpaired) electrons. The molecule has 4 rings (SSSR count). The third kappa shape index (κ3) is 2.80. The van der Waals surface area contributed by atoms with Crippen LogP contribution in [0.3, 0.4) is 0 Å². The minimum atomic E-state index is -0.477. The molecule has 0 bridgehead atoms. The largest absolute Gasteiger partial charge is 0.303 e. The van der Waals surface area contributed by atoms with E-state index in [1.807, 2.05) is 6.20 Å².